The number of hydrogen-bond donors (Lipinski definition) is 1. The normalized spacial score (nSPS) is 11.5. The summed E-state index contributed by atoms with van der Waals surface area (Å²) in [5.41, 5.74) is -0.713. The van der Waals surface area contributed by atoms with Crippen LogP contribution >= 0.6 is 0 Å². The van der Waals surface area contributed by atoms with Gasteiger partial charge < -0.3 is 10.0 Å². The molecular weight excluding hydrogens is 190 g/mol. The van der Waals surface area contributed by atoms with E-state index in [0.29, 0.717) is 6.54 Å². The van der Waals surface area contributed by atoms with E-state index in [1.165, 1.54) is 0 Å². The van der Waals surface area contributed by atoms with Gasteiger partial charge in [-0.2, -0.15) is 0 Å². The lowest BCUT2D eigenvalue weighted by molar-refractivity contribution is 0.0874. The third-order valence-corrected chi connectivity index (χ3v) is 2.04. The van der Waals surface area contributed by atoms with Crippen LogP contribution in [0.15, 0.2) is 12.3 Å². The molecule has 0 bridgehead atoms. The summed E-state index contributed by atoms with van der Waals surface area (Å²) in [6.45, 7) is 8.89. The van der Waals surface area contributed by atoms with Crippen LogP contribution in [-0.4, -0.2) is 33.8 Å². The second-order valence-corrected chi connectivity index (χ2v) is 4.29. The van der Waals surface area contributed by atoms with Gasteiger partial charge in [-0.25, -0.2) is 9.97 Å². The van der Waals surface area contributed by atoms with Gasteiger partial charge in [-0.1, -0.05) is 0 Å². The van der Waals surface area contributed by atoms with E-state index in [1.54, 1.807) is 20.0 Å². The zero-order valence-electron chi connectivity index (χ0n) is 9.86. The Morgan fingerprint density at radius 3 is 2.60 bits per heavy atom. The van der Waals surface area contributed by atoms with Crippen molar-refractivity contribution in [3.63, 3.8) is 0 Å². The van der Waals surface area contributed by atoms with Crippen LogP contribution < -0.4 is 4.90 Å². The molecule has 0 atom stereocenters. The van der Waals surface area contributed by atoms with Crippen molar-refractivity contribution in [2.24, 2.45) is 0 Å². The summed E-state index contributed by atoms with van der Waals surface area (Å²) in [6, 6.07) is 1.86. The molecule has 4 heteroatoms. The summed E-state index contributed by atoms with van der Waals surface area (Å²) in [5.74, 6) is 1.62. The van der Waals surface area contributed by atoms with Crippen molar-refractivity contribution in [1.82, 2.24) is 9.97 Å². The molecule has 0 aliphatic heterocycles. The first-order valence-corrected chi connectivity index (χ1v) is 5.19. The third kappa shape index (κ3) is 3.83. The van der Waals surface area contributed by atoms with E-state index in [4.69, 9.17) is 0 Å². The fourth-order valence-corrected chi connectivity index (χ4v) is 1.44. The van der Waals surface area contributed by atoms with Crippen molar-refractivity contribution in [2.45, 2.75) is 33.3 Å². The Morgan fingerprint density at radius 2 is 2.13 bits per heavy atom. The van der Waals surface area contributed by atoms with Crippen molar-refractivity contribution >= 4 is 5.82 Å². The van der Waals surface area contributed by atoms with Gasteiger partial charge in [-0.15, -0.1) is 0 Å². The molecule has 15 heavy (non-hydrogen) atoms. The van der Waals surface area contributed by atoms with Gasteiger partial charge in [-0.3, -0.25) is 0 Å². The fraction of sp³-hybridized carbons (Fsp3) is 0.636. The van der Waals surface area contributed by atoms with Crippen molar-refractivity contribution in [1.29, 1.82) is 0 Å². The molecule has 1 aromatic heterocycles. The Balaban J connectivity index is 2.83. The number of rotatable bonds is 4. The molecule has 1 aromatic rings. The van der Waals surface area contributed by atoms with Crippen LogP contribution in [0.2, 0.25) is 0 Å². The molecule has 0 radical (unpaired) electrons. The van der Waals surface area contributed by atoms with Crippen molar-refractivity contribution in [3.8, 4) is 0 Å². The van der Waals surface area contributed by atoms with Crippen LogP contribution in [0.4, 0.5) is 5.82 Å². The first-order valence-electron chi connectivity index (χ1n) is 5.19. The number of aliphatic hydroxyl groups is 1. The summed E-state index contributed by atoms with van der Waals surface area (Å²) in [7, 11) is 0. The van der Waals surface area contributed by atoms with Crippen molar-refractivity contribution in [2.75, 3.05) is 18.0 Å². The standard InChI is InChI=1S/C11H19N3O/c1-5-14(8-11(3,4)15)10-6-7-12-9(2)13-10/h6-7,15H,5,8H2,1-4H3. The van der Waals surface area contributed by atoms with Gasteiger partial charge >= 0.3 is 0 Å². The maximum atomic E-state index is 9.76. The van der Waals surface area contributed by atoms with Gasteiger partial charge in [-0.05, 0) is 33.8 Å². The molecule has 0 amide bonds. The molecule has 0 aliphatic carbocycles. The molecule has 0 fully saturated rings. The lowest BCUT2D eigenvalue weighted by Crippen LogP contribution is -2.39. The van der Waals surface area contributed by atoms with E-state index in [1.807, 2.05) is 24.8 Å². The van der Waals surface area contributed by atoms with Crippen molar-refractivity contribution in [3.05, 3.63) is 18.1 Å². The Hall–Kier alpha value is -1.16. The summed E-state index contributed by atoms with van der Waals surface area (Å²) in [4.78, 5) is 10.4. The third-order valence-electron chi connectivity index (χ3n) is 2.04. The molecule has 0 unspecified atom stereocenters. The first-order chi connectivity index (χ1) is 6.92. The highest BCUT2D eigenvalue weighted by molar-refractivity contribution is 5.37. The molecule has 1 N–H and O–H groups in total. The average Bonchev–Trinajstić information content (AvgIpc) is 2.13. The lowest BCUT2D eigenvalue weighted by atomic mass is 10.1. The van der Waals surface area contributed by atoms with Gasteiger partial charge in [0.15, 0.2) is 0 Å². The fourth-order valence-electron chi connectivity index (χ4n) is 1.44. The summed E-state index contributed by atoms with van der Waals surface area (Å²) in [6.07, 6.45) is 1.74. The van der Waals surface area contributed by atoms with E-state index < -0.39 is 5.60 Å². The topological polar surface area (TPSA) is 49.2 Å². The first kappa shape index (κ1) is 11.9. The lowest BCUT2D eigenvalue weighted by Gasteiger charge is -2.28. The van der Waals surface area contributed by atoms with Gasteiger partial charge in [0.2, 0.25) is 0 Å². The number of aromatic nitrogens is 2. The molecule has 84 valence electrons. The van der Waals surface area contributed by atoms with E-state index in [-0.39, 0.29) is 0 Å². The minimum absolute atomic E-state index is 0.569. The molecule has 0 saturated carbocycles. The van der Waals surface area contributed by atoms with E-state index in [9.17, 15) is 5.11 Å². The highest BCUT2D eigenvalue weighted by atomic mass is 16.3. The van der Waals surface area contributed by atoms with Crippen LogP contribution in [-0.2, 0) is 0 Å². The largest absolute Gasteiger partial charge is 0.389 e. The molecule has 1 heterocycles. The molecule has 0 saturated heterocycles. The molecule has 1 rings (SSSR count). The van der Waals surface area contributed by atoms with Crippen LogP contribution in [0.3, 0.4) is 0 Å². The van der Waals surface area contributed by atoms with Gasteiger partial charge in [0.25, 0.3) is 0 Å². The Kier molecular flexibility index (Phi) is 3.63. The number of aryl methyl sites for hydroxylation is 1. The molecule has 0 aromatic carbocycles. The average molecular weight is 209 g/mol. The summed E-state index contributed by atoms with van der Waals surface area (Å²) < 4.78 is 0. The summed E-state index contributed by atoms with van der Waals surface area (Å²) in [5, 5.41) is 9.76. The SMILES string of the molecule is CCN(CC(C)(C)O)c1ccnc(C)n1. The van der Waals surface area contributed by atoms with Crippen molar-refractivity contribution < 1.29 is 5.11 Å². The maximum Gasteiger partial charge on any atom is 0.132 e. The number of anilines is 1. The van der Waals surface area contributed by atoms with E-state index >= 15 is 0 Å². The molecule has 4 nitrogen and oxygen atoms in total. The smallest absolute Gasteiger partial charge is 0.132 e. The second-order valence-electron chi connectivity index (χ2n) is 4.29. The van der Waals surface area contributed by atoms with Gasteiger partial charge in [0.1, 0.15) is 11.6 Å². The molecular formula is C11H19N3O. The Labute approximate surface area is 91.0 Å². The highest BCUT2D eigenvalue weighted by Crippen LogP contribution is 2.13. The Bertz CT molecular complexity index is 320. The van der Waals surface area contributed by atoms with E-state index in [2.05, 4.69) is 9.97 Å². The van der Waals surface area contributed by atoms with Crippen LogP contribution in [0.1, 0.15) is 26.6 Å². The maximum absolute atomic E-state index is 9.76. The predicted octanol–water partition coefficient (Wildman–Crippen LogP) is 1.38. The number of nitrogens with zero attached hydrogens (tertiary/aromatic N) is 3. The quantitative estimate of drug-likeness (QED) is 0.814. The second kappa shape index (κ2) is 4.57. The van der Waals surface area contributed by atoms with Gasteiger partial charge in [0, 0.05) is 19.3 Å². The minimum Gasteiger partial charge on any atom is -0.389 e. The monoisotopic (exact) mass is 209 g/mol. The highest BCUT2D eigenvalue weighted by Gasteiger charge is 2.18. The van der Waals surface area contributed by atoms with Crippen LogP contribution in [0, 0.1) is 6.92 Å². The Morgan fingerprint density at radius 1 is 1.47 bits per heavy atom. The van der Waals surface area contributed by atoms with Crippen LogP contribution in [0.5, 0.6) is 0 Å². The zero-order chi connectivity index (χ0) is 11.5. The van der Waals surface area contributed by atoms with Gasteiger partial charge in [0.05, 0.1) is 5.60 Å². The molecule has 0 aliphatic rings. The molecule has 0 spiro atoms. The number of hydrogen-bond acceptors (Lipinski definition) is 4. The predicted molar refractivity (Wildman–Crippen MR) is 61.0 cm³/mol. The van der Waals surface area contributed by atoms with Crippen LogP contribution in [0.25, 0.3) is 0 Å². The zero-order valence-corrected chi connectivity index (χ0v) is 9.86. The van der Waals surface area contributed by atoms with E-state index in [0.717, 1.165) is 18.2 Å². The minimum atomic E-state index is -0.713. The summed E-state index contributed by atoms with van der Waals surface area (Å²) >= 11 is 0. The number of likely N-dealkylation sites (N-methyl/N-ethyl adjacent to an activating group) is 1.